The van der Waals surface area contributed by atoms with Crippen molar-refractivity contribution in [2.45, 2.75) is 18.7 Å². The zero-order chi connectivity index (χ0) is 18.9. The van der Waals surface area contributed by atoms with E-state index < -0.39 is 10.0 Å². The summed E-state index contributed by atoms with van der Waals surface area (Å²) in [7, 11) is -1.88. The first kappa shape index (κ1) is 19.2. The van der Waals surface area contributed by atoms with E-state index >= 15 is 0 Å². The van der Waals surface area contributed by atoms with Crippen LogP contribution in [0.4, 0.5) is 5.69 Å². The fourth-order valence-electron chi connectivity index (χ4n) is 3.15. The zero-order valence-corrected chi connectivity index (χ0v) is 17.6. The molecule has 0 N–H and O–H groups in total. The topological polar surface area (TPSA) is 49.9 Å². The molecule has 0 atom stereocenters. The van der Waals surface area contributed by atoms with Gasteiger partial charge in [0.25, 0.3) is 0 Å². The number of para-hydroxylation sites is 2. The van der Waals surface area contributed by atoms with E-state index in [1.807, 2.05) is 44.2 Å². The van der Waals surface area contributed by atoms with Crippen molar-refractivity contribution in [3.05, 3.63) is 52.0 Å². The van der Waals surface area contributed by atoms with Crippen molar-refractivity contribution < 1.29 is 13.2 Å². The summed E-state index contributed by atoms with van der Waals surface area (Å²) in [4.78, 5) is 2.51. The van der Waals surface area contributed by atoms with Crippen LogP contribution in [-0.4, -0.2) is 46.0 Å². The molecule has 140 valence electrons. The summed E-state index contributed by atoms with van der Waals surface area (Å²) < 4.78 is 33.8. The highest BCUT2D eigenvalue weighted by molar-refractivity contribution is 9.10. The molecular weight excluding hydrogens is 416 g/mol. The molecule has 0 bridgehead atoms. The lowest BCUT2D eigenvalue weighted by molar-refractivity contribution is 0.378. The molecule has 0 saturated carbocycles. The predicted octanol–water partition coefficient (Wildman–Crippen LogP) is 3.59. The summed E-state index contributed by atoms with van der Waals surface area (Å²) in [6.07, 6.45) is 0. The molecule has 26 heavy (non-hydrogen) atoms. The molecule has 0 aromatic heterocycles. The van der Waals surface area contributed by atoms with Crippen LogP contribution in [-0.2, 0) is 10.0 Å². The van der Waals surface area contributed by atoms with Gasteiger partial charge in [-0.05, 0) is 65.2 Å². The quantitative estimate of drug-likeness (QED) is 0.731. The van der Waals surface area contributed by atoms with Gasteiger partial charge in [-0.25, -0.2) is 8.42 Å². The minimum absolute atomic E-state index is 0.339. The Hall–Kier alpha value is -1.57. The van der Waals surface area contributed by atoms with Crippen LogP contribution in [0.25, 0.3) is 0 Å². The highest BCUT2D eigenvalue weighted by Gasteiger charge is 2.31. The molecule has 2 aromatic rings. The zero-order valence-electron chi connectivity index (χ0n) is 15.2. The fraction of sp³-hybridized carbons (Fsp3) is 0.368. The molecular formula is C19H23BrN2O3S. The van der Waals surface area contributed by atoms with Crippen LogP contribution in [0.2, 0.25) is 0 Å². The summed E-state index contributed by atoms with van der Waals surface area (Å²) in [6.45, 7) is 6.05. The molecule has 5 nitrogen and oxygen atoms in total. The van der Waals surface area contributed by atoms with Crippen LogP contribution in [0, 0.1) is 13.8 Å². The third-order valence-corrected chi connectivity index (χ3v) is 7.69. The Labute approximate surface area is 163 Å². The first-order valence-corrected chi connectivity index (χ1v) is 10.7. The van der Waals surface area contributed by atoms with Gasteiger partial charge in [0.15, 0.2) is 0 Å². The molecule has 3 rings (SSSR count). The number of piperazine rings is 1. The van der Waals surface area contributed by atoms with Crippen molar-refractivity contribution in [2.24, 2.45) is 0 Å². The molecule has 1 heterocycles. The molecule has 1 saturated heterocycles. The molecule has 2 aromatic carbocycles. The van der Waals surface area contributed by atoms with E-state index in [1.165, 1.54) is 0 Å². The standard InChI is InChI=1S/C19H23BrN2O3S/c1-14-12-16(20)19(13-15(14)2)26(23,24)22-10-8-21(9-11-22)17-6-4-5-7-18(17)25-3/h4-7,12-13H,8-11H2,1-3H3. The van der Waals surface area contributed by atoms with E-state index in [4.69, 9.17) is 4.74 Å². The third kappa shape index (κ3) is 3.61. The maximum absolute atomic E-state index is 13.1. The second kappa shape index (κ2) is 7.58. The van der Waals surface area contributed by atoms with Crippen molar-refractivity contribution in [2.75, 3.05) is 38.2 Å². The molecule has 0 aliphatic carbocycles. The lowest BCUT2D eigenvalue weighted by atomic mass is 10.1. The van der Waals surface area contributed by atoms with Crippen LogP contribution >= 0.6 is 15.9 Å². The molecule has 0 amide bonds. The molecule has 0 unspecified atom stereocenters. The van der Waals surface area contributed by atoms with Gasteiger partial charge in [-0.3, -0.25) is 0 Å². The number of rotatable bonds is 4. The summed E-state index contributed by atoms with van der Waals surface area (Å²) in [5.41, 5.74) is 3.04. The number of ether oxygens (including phenoxy) is 1. The highest BCUT2D eigenvalue weighted by atomic mass is 79.9. The number of aryl methyl sites for hydroxylation is 2. The summed E-state index contributed by atoms with van der Waals surface area (Å²) in [5, 5.41) is 0. The van der Waals surface area contributed by atoms with Gasteiger partial charge >= 0.3 is 0 Å². The second-order valence-electron chi connectivity index (χ2n) is 6.43. The number of nitrogens with zero attached hydrogens (tertiary/aromatic N) is 2. The Morgan fingerprint density at radius 1 is 1.00 bits per heavy atom. The SMILES string of the molecule is COc1ccccc1N1CCN(S(=O)(=O)c2cc(C)c(C)cc2Br)CC1. The Balaban J connectivity index is 1.80. The van der Waals surface area contributed by atoms with Crippen molar-refractivity contribution in [1.29, 1.82) is 0 Å². The lowest BCUT2D eigenvalue weighted by Gasteiger charge is -2.36. The van der Waals surface area contributed by atoms with Crippen LogP contribution in [0.5, 0.6) is 5.75 Å². The van der Waals surface area contributed by atoms with Crippen LogP contribution in [0.15, 0.2) is 45.8 Å². The number of benzene rings is 2. The first-order chi connectivity index (χ1) is 12.3. The van der Waals surface area contributed by atoms with Crippen molar-refractivity contribution >= 4 is 31.6 Å². The normalized spacial score (nSPS) is 15.9. The Morgan fingerprint density at radius 2 is 1.62 bits per heavy atom. The van der Waals surface area contributed by atoms with Gasteiger partial charge in [-0.2, -0.15) is 4.31 Å². The number of methoxy groups -OCH3 is 1. The van der Waals surface area contributed by atoms with E-state index in [0.29, 0.717) is 35.5 Å². The van der Waals surface area contributed by atoms with Gasteiger partial charge in [-0.1, -0.05) is 12.1 Å². The highest BCUT2D eigenvalue weighted by Crippen LogP contribution is 2.31. The average molecular weight is 439 g/mol. The summed E-state index contributed by atoms with van der Waals surface area (Å²) in [5.74, 6) is 0.806. The Kier molecular flexibility index (Phi) is 5.60. The average Bonchev–Trinajstić information content (AvgIpc) is 2.64. The lowest BCUT2D eigenvalue weighted by Crippen LogP contribution is -2.48. The maximum atomic E-state index is 13.1. The van der Waals surface area contributed by atoms with Gasteiger partial charge in [0.05, 0.1) is 17.7 Å². The smallest absolute Gasteiger partial charge is 0.244 e. The maximum Gasteiger partial charge on any atom is 0.244 e. The van der Waals surface area contributed by atoms with Crippen LogP contribution in [0.3, 0.4) is 0 Å². The molecule has 1 fully saturated rings. The van der Waals surface area contributed by atoms with Gasteiger partial charge in [-0.15, -0.1) is 0 Å². The molecule has 0 radical (unpaired) electrons. The molecule has 1 aliphatic heterocycles. The minimum Gasteiger partial charge on any atom is -0.495 e. The van der Waals surface area contributed by atoms with Crippen molar-refractivity contribution in [3.8, 4) is 5.75 Å². The Morgan fingerprint density at radius 3 is 2.27 bits per heavy atom. The number of hydrogen-bond donors (Lipinski definition) is 0. The van der Waals surface area contributed by atoms with Gasteiger partial charge < -0.3 is 9.64 Å². The van der Waals surface area contributed by atoms with E-state index in [1.54, 1.807) is 17.5 Å². The van der Waals surface area contributed by atoms with E-state index in [9.17, 15) is 8.42 Å². The predicted molar refractivity (Wildman–Crippen MR) is 108 cm³/mol. The van der Waals surface area contributed by atoms with Crippen LogP contribution in [0.1, 0.15) is 11.1 Å². The summed E-state index contributed by atoms with van der Waals surface area (Å²) in [6, 6.07) is 11.4. The minimum atomic E-state index is -3.52. The first-order valence-electron chi connectivity index (χ1n) is 8.49. The third-order valence-electron chi connectivity index (χ3n) is 4.83. The second-order valence-corrected chi connectivity index (χ2v) is 9.19. The monoisotopic (exact) mass is 438 g/mol. The Bertz CT molecular complexity index is 907. The number of halogens is 1. The van der Waals surface area contributed by atoms with Crippen molar-refractivity contribution in [3.63, 3.8) is 0 Å². The van der Waals surface area contributed by atoms with E-state index in [2.05, 4.69) is 20.8 Å². The largest absolute Gasteiger partial charge is 0.495 e. The van der Waals surface area contributed by atoms with Gasteiger partial charge in [0.1, 0.15) is 5.75 Å². The van der Waals surface area contributed by atoms with Crippen molar-refractivity contribution in [1.82, 2.24) is 4.31 Å². The summed E-state index contributed by atoms with van der Waals surface area (Å²) >= 11 is 3.42. The van der Waals surface area contributed by atoms with Gasteiger partial charge in [0.2, 0.25) is 10.0 Å². The molecule has 7 heteroatoms. The molecule has 1 aliphatic rings. The van der Waals surface area contributed by atoms with E-state index in [0.717, 1.165) is 22.6 Å². The van der Waals surface area contributed by atoms with E-state index in [-0.39, 0.29) is 0 Å². The van der Waals surface area contributed by atoms with Crippen LogP contribution < -0.4 is 9.64 Å². The number of sulfonamides is 1. The number of hydrogen-bond acceptors (Lipinski definition) is 4. The number of anilines is 1. The fourth-order valence-corrected chi connectivity index (χ4v) is 5.78. The van der Waals surface area contributed by atoms with Gasteiger partial charge in [0, 0.05) is 30.7 Å². The molecule has 0 spiro atoms.